The number of rotatable bonds is 2. The van der Waals surface area contributed by atoms with Crippen LogP contribution in [0.4, 0.5) is 11.4 Å². The molecule has 0 radical (unpaired) electrons. The Morgan fingerprint density at radius 2 is 2.11 bits per heavy atom. The van der Waals surface area contributed by atoms with Crippen LogP contribution in [0, 0.1) is 15.5 Å². The van der Waals surface area contributed by atoms with Crippen molar-refractivity contribution in [2.24, 2.45) is 5.41 Å². The highest BCUT2D eigenvalue weighted by Gasteiger charge is 2.23. The predicted octanol–water partition coefficient (Wildman–Crippen LogP) is 3.39. The standard InChI is InChI=1S/C14H20N2O2/c1-14(2,3)10-15-8-4-5-11-9-12(16(17)18)6-7-13(11)15/h6-7,9H,4-5,8,10H2,1-3H3. The molecule has 18 heavy (non-hydrogen) atoms. The zero-order valence-corrected chi connectivity index (χ0v) is 11.3. The Balaban J connectivity index is 2.30. The number of hydrogen-bond donors (Lipinski definition) is 0. The summed E-state index contributed by atoms with van der Waals surface area (Å²) in [6, 6.07) is 5.24. The Bertz CT molecular complexity index is 463. The second-order valence-corrected chi connectivity index (χ2v) is 6.16. The topological polar surface area (TPSA) is 46.4 Å². The number of fused-ring (bicyclic) bond motifs is 1. The van der Waals surface area contributed by atoms with Crippen molar-refractivity contribution in [1.82, 2.24) is 0 Å². The first-order chi connectivity index (χ1) is 8.37. The van der Waals surface area contributed by atoms with Crippen molar-refractivity contribution in [2.75, 3.05) is 18.0 Å². The lowest BCUT2D eigenvalue weighted by Crippen LogP contribution is -2.36. The second-order valence-electron chi connectivity index (χ2n) is 6.16. The molecular weight excluding hydrogens is 228 g/mol. The van der Waals surface area contributed by atoms with Crippen LogP contribution >= 0.6 is 0 Å². The van der Waals surface area contributed by atoms with E-state index < -0.39 is 0 Å². The molecule has 0 N–H and O–H groups in total. The average molecular weight is 248 g/mol. The summed E-state index contributed by atoms with van der Waals surface area (Å²) < 4.78 is 0. The van der Waals surface area contributed by atoms with Crippen molar-refractivity contribution in [2.45, 2.75) is 33.6 Å². The van der Waals surface area contributed by atoms with Crippen LogP contribution in [0.5, 0.6) is 0 Å². The number of nitro benzene ring substituents is 1. The molecule has 0 fully saturated rings. The number of hydrogen-bond acceptors (Lipinski definition) is 3. The summed E-state index contributed by atoms with van der Waals surface area (Å²) in [4.78, 5) is 12.8. The van der Waals surface area contributed by atoms with Gasteiger partial charge in [-0.15, -0.1) is 0 Å². The van der Waals surface area contributed by atoms with E-state index in [2.05, 4.69) is 25.7 Å². The van der Waals surface area contributed by atoms with E-state index in [9.17, 15) is 10.1 Å². The van der Waals surface area contributed by atoms with Gasteiger partial charge in [-0.2, -0.15) is 0 Å². The van der Waals surface area contributed by atoms with Gasteiger partial charge in [0.15, 0.2) is 0 Å². The van der Waals surface area contributed by atoms with Gasteiger partial charge in [0, 0.05) is 30.9 Å². The highest BCUT2D eigenvalue weighted by Crippen LogP contribution is 2.32. The summed E-state index contributed by atoms with van der Waals surface area (Å²) in [5, 5.41) is 10.8. The number of non-ortho nitro benzene ring substituents is 1. The van der Waals surface area contributed by atoms with Crippen LogP contribution in [0.3, 0.4) is 0 Å². The Labute approximate surface area is 108 Å². The lowest BCUT2D eigenvalue weighted by molar-refractivity contribution is -0.384. The van der Waals surface area contributed by atoms with Crippen LogP contribution in [0.1, 0.15) is 32.8 Å². The van der Waals surface area contributed by atoms with Crippen LogP contribution in [0.25, 0.3) is 0 Å². The maximum atomic E-state index is 10.8. The van der Waals surface area contributed by atoms with Crippen LogP contribution in [0.2, 0.25) is 0 Å². The van der Waals surface area contributed by atoms with Crippen LogP contribution in [-0.4, -0.2) is 18.0 Å². The molecule has 4 heteroatoms. The summed E-state index contributed by atoms with van der Waals surface area (Å²) in [5.74, 6) is 0. The van der Waals surface area contributed by atoms with Crippen molar-refractivity contribution in [3.05, 3.63) is 33.9 Å². The SMILES string of the molecule is CC(C)(C)CN1CCCc2cc([N+](=O)[O-])ccc21. The van der Waals surface area contributed by atoms with Crippen molar-refractivity contribution in [3.63, 3.8) is 0 Å². The van der Waals surface area contributed by atoms with Crippen LogP contribution in [0.15, 0.2) is 18.2 Å². The first kappa shape index (κ1) is 12.9. The van der Waals surface area contributed by atoms with E-state index in [0.29, 0.717) is 0 Å². The number of nitrogens with zero attached hydrogens (tertiary/aromatic N) is 2. The normalized spacial score (nSPS) is 15.4. The fourth-order valence-corrected chi connectivity index (χ4v) is 2.51. The third-order valence-electron chi connectivity index (χ3n) is 3.15. The maximum absolute atomic E-state index is 10.8. The third-order valence-corrected chi connectivity index (χ3v) is 3.15. The molecule has 4 nitrogen and oxygen atoms in total. The summed E-state index contributed by atoms with van der Waals surface area (Å²) in [6.45, 7) is 8.67. The zero-order chi connectivity index (χ0) is 13.3. The molecule has 0 aromatic heterocycles. The molecule has 0 aliphatic carbocycles. The van der Waals surface area contributed by atoms with Gasteiger partial charge >= 0.3 is 0 Å². The summed E-state index contributed by atoms with van der Waals surface area (Å²) in [5.41, 5.74) is 2.71. The first-order valence-electron chi connectivity index (χ1n) is 6.39. The van der Waals surface area contributed by atoms with Crippen molar-refractivity contribution < 1.29 is 4.92 Å². The van der Waals surface area contributed by atoms with Crippen LogP contribution < -0.4 is 4.90 Å². The van der Waals surface area contributed by atoms with E-state index >= 15 is 0 Å². The molecule has 0 saturated carbocycles. The number of benzene rings is 1. The molecule has 1 aromatic rings. The van der Waals surface area contributed by atoms with Gasteiger partial charge in [-0.25, -0.2) is 0 Å². The van der Waals surface area contributed by atoms with E-state index in [1.165, 1.54) is 5.69 Å². The highest BCUT2D eigenvalue weighted by atomic mass is 16.6. The van der Waals surface area contributed by atoms with E-state index in [4.69, 9.17) is 0 Å². The Hall–Kier alpha value is -1.58. The molecule has 0 saturated heterocycles. The molecular formula is C14H20N2O2. The number of nitro groups is 1. The van der Waals surface area contributed by atoms with Gasteiger partial charge in [-0.1, -0.05) is 20.8 Å². The van der Waals surface area contributed by atoms with Gasteiger partial charge in [0.05, 0.1) is 4.92 Å². The Morgan fingerprint density at radius 1 is 1.39 bits per heavy atom. The molecule has 0 atom stereocenters. The quantitative estimate of drug-likeness (QED) is 0.595. The zero-order valence-electron chi connectivity index (χ0n) is 11.3. The summed E-state index contributed by atoms with van der Waals surface area (Å²) in [6.07, 6.45) is 2.02. The molecule has 0 unspecified atom stereocenters. The van der Waals surface area contributed by atoms with Gasteiger partial charge in [0.2, 0.25) is 0 Å². The van der Waals surface area contributed by atoms with E-state index in [-0.39, 0.29) is 16.0 Å². The molecule has 1 aliphatic heterocycles. The van der Waals surface area contributed by atoms with E-state index in [1.807, 2.05) is 6.07 Å². The van der Waals surface area contributed by atoms with E-state index in [1.54, 1.807) is 12.1 Å². The third kappa shape index (κ3) is 2.81. The number of anilines is 1. The minimum atomic E-state index is -0.316. The minimum absolute atomic E-state index is 0.200. The molecule has 1 heterocycles. The van der Waals surface area contributed by atoms with Gasteiger partial charge in [-0.05, 0) is 29.9 Å². The predicted molar refractivity (Wildman–Crippen MR) is 73.1 cm³/mol. The van der Waals surface area contributed by atoms with E-state index in [0.717, 1.165) is 31.5 Å². The van der Waals surface area contributed by atoms with Crippen molar-refractivity contribution in [1.29, 1.82) is 0 Å². The van der Waals surface area contributed by atoms with Crippen molar-refractivity contribution >= 4 is 11.4 Å². The molecule has 2 rings (SSSR count). The van der Waals surface area contributed by atoms with Gasteiger partial charge in [0.25, 0.3) is 5.69 Å². The smallest absolute Gasteiger partial charge is 0.269 e. The lowest BCUT2D eigenvalue weighted by atomic mass is 9.93. The molecule has 0 amide bonds. The van der Waals surface area contributed by atoms with Crippen molar-refractivity contribution in [3.8, 4) is 0 Å². The minimum Gasteiger partial charge on any atom is -0.371 e. The Morgan fingerprint density at radius 3 is 2.72 bits per heavy atom. The molecule has 98 valence electrons. The summed E-state index contributed by atoms with van der Waals surface area (Å²) >= 11 is 0. The average Bonchev–Trinajstić information content (AvgIpc) is 2.26. The monoisotopic (exact) mass is 248 g/mol. The molecule has 1 aromatic carbocycles. The lowest BCUT2D eigenvalue weighted by Gasteiger charge is -2.36. The van der Waals surface area contributed by atoms with Crippen LogP contribution in [-0.2, 0) is 6.42 Å². The van der Waals surface area contributed by atoms with Gasteiger partial charge in [-0.3, -0.25) is 10.1 Å². The molecule has 1 aliphatic rings. The Kier molecular flexibility index (Phi) is 3.28. The first-order valence-corrected chi connectivity index (χ1v) is 6.39. The summed E-state index contributed by atoms with van der Waals surface area (Å²) in [7, 11) is 0. The molecule has 0 spiro atoms. The maximum Gasteiger partial charge on any atom is 0.269 e. The van der Waals surface area contributed by atoms with Gasteiger partial charge in [0.1, 0.15) is 0 Å². The largest absolute Gasteiger partial charge is 0.371 e. The highest BCUT2D eigenvalue weighted by molar-refractivity contribution is 5.59. The fourth-order valence-electron chi connectivity index (χ4n) is 2.51. The van der Waals surface area contributed by atoms with Gasteiger partial charge < -0.3 is 4.90 Å². The second kappa shape index (κ2) is 4.59. The molecule has 0 bridgehead atoms. The fraction of sp³-hybridized carbons (Fsp3) is 0.571. The number of aryl methyl sites for hydroxylation is 1.